The highest BCUT2D eigenvalue weighted by Gasteiger charge is 2.29. The van der Waals surface area contributed by atoms with Gasteiger partial charge in [-0.2, -0.15) is 4.31 Å². The Morgan fingerprint density at radius 2 is 1.80 bits per heavy atom. The number of nitrogens with zero attached hydrogens (tertiary/aromatic N) is 4. The molecule has 30 heavy (non-hydrogen) atoms. The second-order valence-corrected chi connectivity index (χ2v) is 10.2. The molecule has 158 valence electrons. The van der Waals surface area contributed by atoms with Crippen molar-refractivity contribution >= 4 is 38.3 Å². The van der Waals surface area contributed by atoms with E-state index in [1.807, 2.05) is 24.4 Å². The van der Waals surface area contributed by atoms with E-state index >= 15 is 0 Å². The number of fused-ring (bicyclic) bond motifs is 1. The average Bonchev–Trinajstić information content (AvgIpc) is 3.21. The van der Waals surface area contributed by atoms with Gasteiger partial charge in [-0.3, -0.25) is 9.20 Å². The molecule has 0 radical (unpaired) electrons. The summed E-state index contributed by atoms with van der Waals surface area (Å²) in [6, 6.07) is 4.76. The van der Waals surface area contributed by atoms with Gasteiger partial charge in [-0.15, -0.1) is 11.3 Å². The first-order valence-corrected chi connectivity index (χ1v) is 11.7. The van der Waals surface area contributed by atoms with Crippen LogP contribution in [0, 0.1) is 19.7 Å². The molecular formula is C20H21FN4O3S2. The number of amides is 1. The first-order chi connectivity index (χ1) is 14.3. The van der Waals surface area contributed by atoms with Gasteiger partial charge in [0.1, 0.15) is 5.82 Å². The van der Waals surface area contributed by atoms with Crippen molar-refractivity contribution in [3.8, 4) is 0 Å². The van der Waals surface area contributed by atoms with Crippen LogP contribution in [0.5, 0.6) is 0 Å². The van der Waals surface area contributed by atoms with Crippen LogP contribution in [0.15, 0.2) is 41.4 Å². The highest BCUT2D eigenvalue weighted by molar-refractivity contribution is 7.89. The lowest BCUT2D eigenvalue weighted by molar-refractivity contribution is -0.127. The van der Waals surface area contributed by atoms with Gasteiger partial charge in [-0.1, -0.05) is 0 Å². The first kappa shape index (κ1) is 20.7. The quantitative estimate of drug-likeness (QED) is 0.575. The van der Waals surface area contributed by atoms with Gasteiger partial charge < -0.3 is 4.90 Å². The lowest BCUT2D eigenvalue weighted by Gasteiger charge is -2.33. The number of imidazole rings is 1. The number of aromatic nitrogens is 2. The Morgan fingerprint density at radius 1 is 1.13 bits per heavy atom. The summed E-state index contributed by atoms with van der Waals surface area (Å²) in [5.41, 5.74) is 1.71. The van der Waals surface area contributed by atoms with Crippen LogP contribution in [0.4, 0.5) is 4.39 Å². The van der Waals surface area contributed by atoms with Crippen molar-refractivity contribution < 1.29 is 17.6 Å². The zero-order chi connectivity index (χ0) is 21.5. The zero-order valence-electron chi connectivity index (χ0n) is 16.6. The highest BCUT2D eigenvalue weighted by Crippen LogP contribution is 2.22. The summed E-state index contributed by atoms with van der Waals surface area (Å²) in [6.07, 6.45) is 5.25. The second kappa shape index (κ2) is 7.93. The minimum Gasteiger partial charge on any atom is -0.337 e. The number of rotatable bonds is 4. The fourth-order valence-electron chi connectivity index (χ4n) is 3.44. The van der Waals surface area contributed by atoms with E-state index in [0.29, 0.717) is 13.1 Å². The molecule has 0 aliphatic carbocycles. The molecule has 3 aromatic rings. The molecule has 0 atom stereocenters. The van der Waals surface area contributed by atoms with Gasteiger partial charge in [-0.25, -0.2) is 17.8 Å². The number of halogens is 1. The van der Waals surface area contributed by atoms with E-state index in [9.17, 15) is 17.6 Å². The number of piperazine rings is 1. The SMILES string of the molecule is Cc1cn2c(/C=C/C(=O)N3CCN(S(=O)(=O)c4ccc(F)cc4)CC3)c(C)nc2s1. The molecule has 1 aliphatic heterocycles. The third-order valence-electron chi connectivity index (χ3n) is 5.05. The summed E-state index contributed by atoms with van der Waals surface area (Å²) in [6.45, 7) is 4.88. The third kappa shape index (κ3) is 3.90. The van der Waals surface area contributed by atoms with E-state index in [2.05, 4.69) is 4.98 Å². The fraction of sp³-hybridized carbons (Fsp3) is 0.300. The van der Waals surface area contributed by atoms with Crippen molar-refractivity contribution in [2.24, 2.45) is 0 Å². The Hall–Kier alpha value is -2.56. The standard InChI is InChI=1S/C20H21FN4O3S2/c1-14-13-25-18(15(2)22-20(25)29-14)7-8-19(26)23-9-11-24(12-10-23)30(27,28)17-5-3-16(21)4-6-17/h3-8,13H,9-12H2,1-2H3/b8-7+. The van der Waals surface area contributed by atoms with E-state index in [0.717, 1.165) is 33.4 Å². The van der Waals surface area contributed by atoms with Crippen LogP contribution in [0.1, 0.15) is 16.3 Å². The second-order valence-electron chi connectivity index (χ2n) is 7.09. The largest absolute Gasteiger partial charge is 0.337 e. The molecule has 1 aromatic carbocycles. The topological polar surface area (TPSA) is 75.0 Å². The van der Waals surface area contributed by atoms with Crippen LogP contribution in [0.2, 0.25) is 0 Å². The molecule has 7 nitrogen and oxygen atoms in total. The number of thiazole rings is 1. The maximum absolute atomic E-state index is 13.1. The highest BCUT2D eigenvalue weighted by atomic mass is 32.2. The third-order valence-corrected chi connectivity index (χ3v) is 7.86. The number of benzene rings is 1. The predicted octanol–water partition coefficient (Wildman–Crippen LogP) is 2.70. The van der Waals surface area contributed by atoms with Gasteiger partial charge in [0.25, 0.3) is 0 Å². The molecule has 4 rings (SSSR count). The molecule has 3 heterocycles. The number of carbonyl (C=O) groups excluding carboxylic acids is 1. The molecule has 10 heteroatoms. The molecule has 0 saturated carbocycles. The van der Waals surface area contributed by atoms with E-state index in [1.54, 1.807) is 22.3 Å². The van der Waals surface area contributed by atoms with E-state index in [1.165, 1.54) is 22.5 Å². The van der Waals surface area contributed by atoms with Crippen LogP contribution < -0.4 is 0 Å². The predicted molar refractivity (Wildman–Crippen MR) is 113 cm³/mol. The summed E-state index contributed by atoms with van der Waals surface area (Å²) in [7, 11) is -3.70. The number of carbonyl (C=O) groups is 1. The minimum absolute atomic E-state index is 0.0508. The van der Waals surface area contributed by atoms with E-state index in [-0.39, 0.29) is 23.9 Å². The van der Waals surface area contributed by atoms with Crippen LogP contribution in [0.25, 0.3) is 11.0 Å². The Balaban J connectivity index is 1.42. The number of sulfonamides is 1. The van der Waals surface area contributed by atoms with Gasteiger partial charge in [0.15, 0.2) is 4.96 Å². The van der Waals surface area contributed by atoms with Crippen molar-refractivity contribution in [1.29, 1.82) is 0 Å². The summed E-state index contributed by atoms with van der Waals surface area (Å²) < 4.78 is 41.8. The van der Waals surface area contributed by atoms with Crippen LogP contribution in [-0.2, 0) is 14.8 Å². The lowest BCUT2D eigenvalue weighted by atomic mass is 10.3. The molecule has 1 saturated heterocycles. The van der Waals surface area contributed by atoms with Gasteiger partial charge >= 0.3 is 0 Å². The van der Waals surface area contributed by atoms with Crippen molar-refractivity contribution in [3.05, 3.63) is 58.6 Å². The Morgan fingerprint density at radius 3 is 2.47 bits per heavy atom. The number of aryl methyl sites for hydroxylation is 2. The van der Waals surface area contributed by atoms with Gasteiger partial charge in [-0.05, 0) is 44.2 Å². The van der Waals surface area contributed by atoms with Crippen LogP contribution in [0.3, 0.4) is 0 Å². The molecular weight excluding hydrogens is 427 g/mol. The van der Waals surface area contributed by atoms with Crippen molar-refractivity contribution in [2.75, 3.05) is 26.2 Å². The summed E-state index contributed by atoms with van der Waals surface area (Å²) in [4.78, 5) is 20.8. The summed E-state index contributed by atoms with van der Waals surface area (Å²) in [5, 5.41) is 0. The Bertz CT molecular complexity index is 1220. The van der Waals surface area contributed by atoms with Gasteiger partial charge in [0.05, 0.1) is 16.3 Å². The molecule has 0 unspecified atom stereocenters. The number of hydrogen-bond donors (Lipinski definition) is 0. The molecule has 0 N–H and O–H groups in total. The molecule has 1 fully saturated rings. The van der Waals surface area contributed by atoms with Gasteiger partial charge in [0.2, 0.25) is 15.9 Å². The molecule has 0 spiro atoms. The molecule has 1 aliphatic rings. The number of hydrogen-bond acceptors (Lipinski definition) is 5. The fourth-order valence-corrected chi connectivity index (χ4v) is 5.74. The maximum atomic E-state index is 13.1. The summed E-state index contributed by atoms with van der Waals surface area (Å²) >= 11 is 1.59. The maximum Gasteiger partial charge on any atom is 0.246 e. The average molecular weight is 449 g/mol. The normalized spacial score (nSPS) is 16.0. The van der Waals surface area contributed by atoms with Crippen molar-refractivity contribution in [2.45, 2.75) is 18.7 Å². The first-order valence-electron chi connectivity index (χ1n) is 9.43. The lowest BCUT2D eigenvalue weighted by Crippen LogP contribution is -2.50. The molecule has 2 aromatic heterocycles. The van der Waals surface area contributed by atoms with E-state index < -0.39 is 15.8 Å². The zero-order valence-corrected chi connectivity index (χ0v) is 18.2. The van der Waals surface area contributed by atoms with Gasteiger partial charge in [0, 0.05) is 43.3 Å². The van der Waals surface area contributed by atoms with Crippen molar-refractivity contribution in [1.82, 2.24) is 18.6 Å². The minimum atomic E-state index is -3.70. The molecule has 1 amide bonds. The molecule has 0 bridgehead atoms. The van der Waals surface area contributed by atoms with Crippen LogP contribution in [-0.4, -0.2) is 59.1 Å². The smallest absolute Gasteiger partial charge is 0.246 e. The summed E-state index contributed by atoms with van der Waals surface area (Å²) in [5.74, 6) is -0.658. The monoisotopic (exact) mass is 448 g/mol. The van der Waals surface area contributed by atoms with Crippen molar-refractivity contribution in [3.63, 3.8) is 0 Å². The Labute approximate surface area is 178 Å². The Kier molecular flexibility index (Phi) is 5.48. The van der Waals surface area contributed by atoms with Crippen LogP contribution >= 0.6 is 11.3 Å². The van der Waals surface area contributed by atoms with E-state index in [4.69, 9.17) is 0 Å².